The first-order valence-corrected chi connectivity index (χ1v) is 4.96. The topological polar surface area (TPSA) is 12.0 Å². The molecule has 0 saturated carbocycles. The molecule has 0 aromatic rings. The van der Waals surface area contributed by atoms with E-state index >= 15 is 0 Å². The van der Waals surface area contributed by atoms with Crippen LogP contribution in [-0.2, 0) is 0 Å². The molecule has 66 valence electrons. The van der Waals surface area contributed by atoms with Gasteiger partial charge in [0.1, 0.15) is 0 Å². The van der Waals surface area contributed by atoms with Crippen LogP contribution in [0.5, 0.6) is 0 Å². The number of rotatable bonds is 3. The smallest absolute Gasteiger partial charge is 0.0204 e. The van der Waals surface area contributed by atoms with Crippen LogP contribution in [0.1, 0.15) is 46.5 Å². The van der Waals surface area contributed by atoms with Gasteiger partial charge in [0.25, 0.3) is 0 Å². The van der Waals surface area contributed by atoms with E-state index in [1.165, 1.54) is 32.2 Å². The maximum absolute atomic E-state index is 3.67. The van der Waals surface area contributed by atoms with Crippen LogP contribution in [0, 0.1) is 5.92 Å². The summed E-state index contributed by atoms with van der Waals surface area (Å²) in [4.78, 5) is 0. The van der Waals surface area contributed by atoms with Gasteiger partial charge in [0.2, 0.25) is 0 Å². The summed E-state index contributed by atoms with van der Waals surface area (Å²) in [6.07, 6.45) is 5.42. The Bertz CT molecular complexity index is 112. The lowest BCUT2D eigenvalue weighted by molar-refractivity contribution is 0.250. The van der Waals surface area contributed by atoms with Crippen molar-refractivity contribution in [2.75, 3.05) is 6.54 Å². The van der Waals surface area contributed by atoms with Crippen molar-refractivity contribution in [3.8, 4) is 0 Å². The first-order chi connectivity index (χ1) is 5.21. The minimum absolute atomic E-state index is 0.495. The summed E-state index contributed by atoms with van der Waals surface area (Å²) in [5, 5.41) is 3.67. The zero-order valence-electron chi connectivity index (χ0n) is 8.11. The highest BCUT2D eigenvalue weighted by atomic mass is 15.0. The Kier molecular flexibility index (Phi) is 2.94. The fraction of sp³-hybridized carbons (Fsp3) is 1.00. The standard InChI is InChI=1S/C10H21N/c1-4-6-10(9(2)3)7-5-8-11-10/h9,11H,4-8H2,1-3H3. The highest BCUT2D eigenvalue weighted by Gasteiger charge is 2.34. The predicted octanol–water partition coefficient (Wildman–Crippen LogP) is 2.56. The molecule has 0 amide bonds. The van der Waals surface area contributed by atoms with Crippen LogP contribution in [0.15, 0.2) is 0 Å². The van der Waals surface area contributed by atoms with Crippen molar-refractivity contribution in [2.24, 2.45) is 5.92 Å². The number of hydrogen-bond donors (Lipinski definition) is 1. The quantitative estimate of drug-likeness (QED) is 0.660. The van der Waals surface area contributed by atoms with Gasteiger partial charge in [-0.05, 0) is 31.7 Å². The van der Waals surface area contributed by atoms with E-state index in [1.807, 2.05) is 0 Å². The second-order valence-corrected chi connectivity index (χ2v) is 4.09. The van der Waals surface area contributed by atoms with Crippen molar-refractivity contribution in [2.45, 2.75) is 52.0 Å². The lowest BCUT2D eigenvalue weighted by Crippen LogP contribution is -2.44. The van der Waals surface area contributed by atoms with Gasteiger partial charge in [-0.15, -0.1) is 0 Å². The minimum Gasteiger partial charge on any atom is -0.311 e. The van der Waals surface area contributed by atoms with E-state index in [0.29, 0.717) is 5.54 Å². The zero-order valence-corrected chi connectivity index (χ0v) is 8.11. The molecule has 0 aromatic carbocycles. The van der Waals surface area contributed by atoms with Crippen LogP contribution in [0.4, 0.5) is 0 Å². The van der Waals surface area contributed by atoms with Gasteiger partial charge in [-0.1, -0.05) is 27.2 Å². The fourth-order valence-electron chi connectivity index (χ4n) is 2.27. The van der Waals surface area contributed by atoms with Crippen LogP contribution in [0.3, 0.4) is 0 Å². The van der Waals surface area contributed by atoms with Gasteiger partial charge in [-0.2, -0.15) is 0 Å². The third kappa shape index (κ3) is 1.76. The largest absolute Gasteiger partial charge is 0.311 e. The van der Waals surface area contributed by atoms with Crippen LogP contribution in [0.25, 0.3) is 0 Å². The second-order valence-electron chi connectivity index (χ2n) is 4.09. The molecule has 1 heteroatoms. The Morgan fingerprint density at radius 3 is 2.55 bits per heavy atom. The first-order valence-electron chi connectivity index (χ1n) is 4.96. The summed E-state index contributed by atoms with van der Waals surface area (Å²) in [5.41, 5.74) is 0.495. The predicted molar refractivity (Wildman–Crippen MR) is 49.7 cm³/mol. The molecule has 0 aromatic heterocycles. The van der Waals surface area contributed by atoms with Crippen molar-refractivity contribution in [3.63, 3.8) is 0 Å². The van der Waals surface area contributed by atoms with E-state index in [1.54, 1.807) is 0 Å². The third-order valence-electron chi connectivity index (χ3n) is 3.08. The first kappa shape index (κ1) is 9.05. The summed E-state index contributed by atoms with van der Waals surface area (Å²) in [6.45, 7) is 8.20. The van der Waals surface area contributed by atoms with Gasteiger partial charge in [0, 0.05) is 5.54 Å². The molecule has 1 unspecified atom stereocenters. The van der Waals surface area contributed by atoms with Gasteiger partial charge in [-0.3, -0.25) is 0 Å². The molecule has 0 radical (unpaired) electrons. The Morgan fingerprint density at radius 1 is 1.45 bits per heavy atom. The van der Waals surface area contributed by atoms with Crippen molar-refractivity contribution in [1.29, 1.82) is 0 Å². The number of nitrogens with one attached hydrogen (secondary N) is 1. The van der Waals surface area contributed by atoms with E-state index in [2.05, 4.69) is 26.1 Å². The molecule has 1 heterocycles. The summed E-state index contributed by atoms with van der Waals surface area (Å²) in [6, 6.07) is 0. The molecule has 1 fully saturated rings. The summed E-state index contributed by atoms with van der Waals surface area (Å²) >= 11 is 0. The van der Waals surface area contributed by atoms with Gasteiger partial charge < -0.3 is 5.32 Å². The molecule has 1 rings (SSSR count). The Balaban J connectivity index is 2.55. The van der Waals surface area contributed by atoms with Crippen molar-refractivity contribution in [1.82, 2.24) is 5.32 Å². The molecule has 0 spiro atoms. The maximum Gasteiger partial charge on any atom is 0.0204 e. The number of hydrogen-bond acceptors (Lipinski definition) is 1. The SMILES string of the molecule is CCCC1(C(C)C)CCCN1. The van der Waals surface area contributed by atoms with Crippen LogP contribution >= 0.6 is 0 Å². The van der Waals surface area contributed by atoms with Gasteiger partial charge in [0.05, 0.1) is 0 Å². The molecule has 1 aliphatic rings. The summed E-state index contributed by atoms with van der Waals surface area (Å²) in [7, 11) is 0. The van der Waals surface area contributed by atoms with Crippen LogP contribution in [-0.4, -0.2) is 12.1 Å². The molecule has 1 saturated heterocycles. The van der Waals surface area contributed by atoms with Crippen LogP contribution < -0.4 is 5.32 Å². The van der Waals surface area contributed by atoms with Gasteiger partial charge >= 0.3 is 0 Å². The second kappa shape index (κ2) is 3.57. The van der Waals surface area contributed by atoms with Gasteiger partial charge in [-0.25, -0.2) is 0 Å². The molecule has 1 N–H and O–H groups in total. The molecule has 0 aliphatic carbocycles. The molecule has 11 heavy (non-hydrogen) atoms. The average Bonchev–Trinajstić information content (AvgIpc) is 2.38. The summed E-state index contributed by atoms with van der Waals surface area (Å²) < 4.78 is 0. The highest BCUT2D eigenvalue weighted by molar-refractivity contribution is 4.94. The molecule has 1 aliphatic heterocycles. The van der Waals surface area contributed by atoms with E-state index < -0.39 is 0 Å². The molecule has 1 atom stereocenters. The Morgan fingerprint density at radius 2 is 2.18 bits per heavy atom. The van der Waals surface area contributed by atoms with Crippen molar-refractivity contribution in [3.05, 3.63) is 0 Å². The van der Waals surface area contributed by atoms with Crippen molar-refractivity contribution >= 4 is 0 Å². The summed E-state index contributed by atoms with van der Waals surface area (Å²) in [5.74, 6) is 0.796. The molecule has 1 nitrogen and oxygen atoms in total. The Hall–Kier alpha value is -0.0400. The lowest BCUT2D eigenvalue weighted by atomic mass is 9.81. The van der Waals surface area contributed by atoms with Gasteiger partial charge in [0.15, 0.2) is 0 Å². The zero-order chi connectivity index (χ0) is 8.32. The van der Waals surface area contributed by atoms with Crippen molar-refractivity contribution < 1.29 is 0 Å². The van der Waals surface area contributed by atoms with E-state index in [0.717, 1.165) is 5.92 Å². The maximum atomic E-state index is 3.67. The normalized spacial score (nSPS) is 31.6. The average molecular weight is 155 g/mol. The molecular formula is C10H21N. The third-order valence-corrected chi connectivity index (χ3v) is 3.08. The molecule has 0 bridgehead atoms. The fourth-order valence-corrected chi connectivity index (χ4v) is 2.27. The monoisotopic (exact) mass is 155 g/mol. The minimum atomic E-state index is 0.495. The lowest BCUT2D eigenvalue weighted by Gasteiger charge is -2.33. The van der Waals surface area contributed by atoms with E-state index in [4.69, 9.17) is 0 Å². The highest BCUT2D eigenvalue weighted by Crippen LogP contribution is 2.31. The van der Waals surface area contributed by atoms with Crippen LogP contribution in [0.2, 0.25) is 0 Å². The van der Waals surface area contributed by atoms with E-state index in [9.17, 15) is 0 Å². The molecular weight excluding hydrogens is 134 g/mol. The Labute approximate surface area is 70.6 Å². The van der Waals surface area contributed by atoms with E-state index in [-0.39, 0.29) is 0 Å².